The molecule has 0 aliphatic carbocycles. The summed E-state index contributed by atoms with van der Waals surface area (Å²) in [6, 6.07) is 6.26. The van der Waals surface area contributed by atoms with Crippen LogP contribution in [0.1, 0.15) is 58.3 Å². The van der Waals surface area contributed by atoms with E-state index in [-0.39, 0.29) is 5.69 Å². The predicted molar refractivity (Wildman–Crippen MR) is 81.2 cm³/mol. The number of hydrogen-bond donors (Lipinski definition) is 0. The first-order chi connectivity index (χ1) is 9.74. The Morgan fingerprint density at radius 1 is 0.950 bits per heavy atom. The molecule has 0 atom stereocenters. The number of hydrogen-bond acceptors (Lipinski definition) is 3. The Hall–Kier alpha value is -1.58. The van der Waals surface area contributed by atoms with E-state index in [0.29, 0.717) is 12.4 Å². The van der Waals surface area contributed by atoms with Crippen LogP contribution < -0.4 is 4.74 Å². The van der Waals surface area contributed by atoms with Crippen molar-refractivity contribution in [2.45, 2.75) is 58.3 Å². The van der Waals surface area contributed by atoms with E-state index in [1.807, 2.05) is 0 Å². The molecule has 0 amide bonds. The molecule has 1 rings (SSSR count). The summed E-state index contributed by atoms with van der Waals surface area (Å²) >= 11 is 0. The molecule has 0 saturated heterocycles. The third kappa shape index (κ3) is 7.12. The highest BCUT2D eigenvalue weighted by atomic mass is 16.6. The Bertz CT molecular complexity index is 376. The summed E-state index contributed by atoms with van der Waals surface area (Å²) < 4.78 is 5.56. The maximum Gasteiger partial charge on any atom is 0.269 e. The third-order valence-corrected chi connectivity index (χ3v) is 3.31. The van der Waals surface area contributed by atoms with Crippen molar-refractivity contribution in [2.24, 2.45) is 0 Å². The molecule has 0 N–H and O–H groups in total. The molecule has 0 aromatic heterocycles. The monoisotopic (exact) mass is 279 g/mol. The van der Waals surface area contributed by atoms with E-state index in [0.717, 1.165) is 6.42 Å². The maximum atomic E-state index is 10.5. The smallest absolute Gasteiger partial charge is 0.269 e. The summed E-state index contributed by atoms with van der Waals surface area (Å²) in [6.07, 6.45) is 10.2. The highest BCUT2D eigenvalue weighted by Gasteiger charge is 2.03. The van der Waals surface area contributed by atoms with E-state index in [1.54, 1.807) is 12.1 Å². The molecule has 1 aromatic rings. The molecular formula is C16H25NO3. The average Bonchev–Trinajstić information content (AvgIpc) is 2.46. The van der Waals surface area contributed by atoms with E-state index in [9.17, 15) is 10.1 Å². The first kappa shape index (κ1) is 16.5. The van der Waals surface area contributed by atoms with Crippen molar-refractivity contribution in [1.29, 1.82) is 0 Å². The van der Waals surface area contributed by atoms with Gasteiger partial charge in [-0.1, -0.05) is 51.9 Å². The molecule has 0 spiro atoms. The molecule has 0 fully saturated rings. The van der Waals surface area contributed by atoms with E-state index >= 15 is 0 Å². The van der Waals surface area contributed by atoms with Gasteiger partial charge in [-0.05, 0) is 18.6 Å². The molecule has 0 radical (unpaired) electrons. The quantitative estimate of drug-likeness (QED) is 0.321. The summed E-state index contributed by atoms with van der Waals surface area (Å²) in [6.45, 7) is 2.92. The summed E-state index contributed by atoms with van der Waals surface area (Å²) in [5, 5.41) is 10.5. The Balaban J connectivity index is 2.02. The second kappa shape index (κ2) is 10.2. The van der Waals surface area contributed by atoms with E-state index in [1.165, 1.54) is 57.1 Å². The molecule has 0 aliphatic rings. The second-order valence-electron chi connectivity index (χ2n) is 5.07. The van der Waals surface area contributed by atoms with Crippen molar-refractivity contribution >= 4 is 5.69 Å². The van der Waals surface area contributed by atoms with Gasteiger partial charge in [-0.2, -0.15) is 0 Å². The van der Waals surface area contributed by atoms with Crippen LogP contribution in [0.5, 0.6) is 5.75 Å². The lowest BCUT2D eigenvalue weighted by Gasteiger charge is -2.05. The number of benzene rings is 1. The molecule has 112 valence electrons. The molecule has 20 heavy (non-hydrogen) atoms. The maximum absolute atomic E-state index is 10.5. The highest BCUT2D eigenvalue weighted by Crippen LogP contribution is 2.17. The number of ether oxygens (including phenoxy) is 1. The molecule has 1 aromatic carbocycles. The van der Waals surface area contributed by atoms with Gasteiger partial charge in [-0.25, -0.2) is 0 Å². The van der Waals surface area contributed by atoms with Crippen molar-refractivity contribution in [1.82, 2.24) is 0 Å². The predicted octanol–water partition coefficient (Wildman–Crippen LogP) is 5.11. The normalized spacial score (nSPS) is 10.4. The van der Waals surface area contributed by atoms with Crippen LogP contribution in [0.3, 0.4) is 0 Å². The lowest BCUT2D eigenvalue weighted by molar-refractivity contribution is -0.384. The molecule has 0 heterocycles. The fourth-order valence-corrected chi connectivity index (χ4v) is 2.09. The fraction of sp³-hybridized carbons (Fsp3) is 0.625. The third-order valence-electron chi connectivity index (χ3n) is 3.31. The van der Waals surface area contributed by atoms with Crippen molar-refractivity contribution in [3.05, 3.63) is 34.4 Å². The van der Waals surface area contributed by atoms with Gasteiger partial charge in [0.2, 0.25) is 0 Å². The molecule has 4 heteroatoms. The van der Waals surface area contributed by atoms with Crippen LogP contribution >= 0.6 is 0 Å². The van der Waals surface area contributed by atoms with Crippen molar-refractivity contribution in [3.63, 3.8) is 0 Å². The summed E-state index contributed by atoms with van der Waals surface area (Å²) in [7, 11) is 0. The minimum absolute atomic E-state index is 0.101. The van der Waals surface area contributed by atoms with Crippen LogP contribution in [-0.2, 0) is 0 Å². The molecule has 0 saturated carbocycles. The summed E-state index contributed by atoms with van der Waals surface area (Å²) in [4.78, 5) is 10.1. The summed E-state index contributed by atoms with van der Waals surface area (Å²) in [5.41, 5.74) is 0.101. The number of nitro groups is 1. The van der Waals surface area contributed by atoms with Crippen LogP contribution in [0, 0.1) is 10.1 Å². The Kier molecular flexibility index (Phi) is 8.43. The van der Waals surface area contributed by atoms with Crippen molar-refractivity contribution < 1.29 is 9.66 Å². The minimum atomic E-state index is -0.400. The van der Waals surface area contributed by atoms with Gasteiger partial charge in [0, 0.05) is 12.1 Å². The average molecular weight is 279 g/mol. The van der Waals surface area contributed by atoms with E-state index < -0.39 is 4.92 Å². The molecular weight excluding hydrogens is 254 g/mol. The van der Waals surface area contributed by atoms with Gasteiger partial charge >= 0.3 is 0 Å². The zero-order chi connectivity index (χ0) is 14.6. The number of unbranched alkanes of at least 4 members (excludes halogenated alkanes) is 7. The fourth-order valence-electron chi connectivity index (χ4n) is 2.09. The van der Waals surface area contributed by atoms with Crippen LogP contribution in [0.2, 0.25) is 0 Å². The van der Waals surface area contributed by atoms with Crippen LogP contribution in [0.4, 0.5) is 5.69 Å². The van der Waals surface area contributed by atoms with Gasteiger partial charge < -0.3 is 4.74 Å². The number of non-ortho nitro benzene ring substituents is 1. The zero-order valence-electron chi connectivity index (χ0n) is 12.3. The molecule has 0 bridgehead atoms. The first-order valence-corrected chi connectivity index (χ1v) is 7.61. The largest absolute Gasteiger partial charge is 0.494 e. The van der Waals surface area contributed by atoms with Crippen molar-refractivity contribution in [2.75, 3.05) is 6.61 Å². The molecule has 4 nitrogen and oxygen atoms in total. The van der Waals surface area contributed by atoms with Crippen LogP contribution in [0.15, 0.2) is 24.3 Å². The Morgan fingerprint density at radius 2 is 1.50 bits per heavy atom. The van der Waals surface area contributed by atoms with Crippen LogP contribution in [0.25, 0.3) is 0 Å². The topological polar surface area (TPSA) is 52.4 Å². The van der Waals surface area contributed by atoms with Gasteiger partial charge in [0.1, 0.15) is 5.75 Å². The lowest BCUT2D eigenvalue weighted by Crippen LogP contribution is -1.97. The van der Waals surface area contributed by atoms with Gasteiger partial charge in [-0.15, -0.1) is 0 Å². The summed E-state index contributed by atoms with van der Waals surface area (Å²) in [5.74, 6) is 0.707. The van der Waals surface area contributed by atoms with Gasteiger partial charge in [-0.3, -0.25) is 10.1 Å². The second-order valence-corrected chi connectivity index (χ2v) is 5.07. The van der Waals surface area contributed by atoms with Gasteiger partial charge in [0.25, 0.3) is 5.69 Å². The number of nitro benzene ring substituents is 1. The van der Waals surface area contributed by atoms with Crippen molar-refractivity contribution in [3.8, 4) is 5.75 Å². The van der Waals surface area contributed by atoms with Gasteiger partial charge in [0.05, 0.1) is 11.5 Å². The van der Waals surface area contributed by atoms with E-state index in [2.05, 4.69) is 6.92 Å². The van der Waals surface area contributed by atoms with Gasteiger partial charge in [0.15, 0.2) is 0 Å². The SMILES string of the molecule is CCCCCCCCCCOc1ccc([N+](=O)[O-])cc1. The first-order valence-electron chi connectivity index (χ1n) is 7.61. The molecule has 0 unspecified atom stereocenters. The van der Waals surface area contributed by atoms with Crippen LogP contribution in [-0.4, -0.2) is 11.5 Å². The van der Waals surface area contributed by atoms with E-state index in [4.69, 9.17) is 4.74 Å². The Labute approximate surface area is 121 Å². The number of rotatable bonds is 11. The minimum Gasteiger partial charge on any atom is -0.494 e. The number of nitrogens with zero attached hydrogens (tertiary/aromatic N) is 1. The molecule has 0 aliphatic heterocycles. The zero-order valence-corrected chi connectivity index (χ0v) is 12.3. The Morgan fingerprint density at radius 3 is 2.05 bits per heavy atom. The standard InChI is InChI=1S/C16H25NO3/c1-2-3-4-5-6-7-8-9-14-20-16-12-10-15(11-13-16)17(18)19/h10-13H,2-9,14H2,1H3. The highest BCUT2D eigenvalue weighted by molar-refractivity contribution is 5.35. The lowest BCUT2D eigenvalue weighted by atomic mass is 10.1.